The zero-order valence-corrected chi connectivity index (χ0v) is 16.9. The van der Waals surface area contributed by atoms with Gasteiger partial charge in [-0.05, 0) is 44.0 Å². The second kappa shape index (κ2) is 8.19. The highest BCUT2D eigenvalue weighted by atomic mass is 19.1. The molecule has 1 amide bonds. The van der Waals surface area contributed by atoms with Crippen molar-refractivity contribution in [3.05, 3.63) is 71.7 Å². The van der Waals surface area contributed by atoms with E-state index in [1.54, 1.807) is 23.0 Å². The van der Waals surface area contributed by atoms with E-state index >= 15 is 0 Å². The van der Waals surface area contributed by atoms with Crippen LogP contribution < -0.4 is 0 Å². The summed E-state index contributed by atoms with van der Waals surface area (Å²) in [6.45, 7) is 2.03. The van der Waals surface area contributed by atoms with Crippen LogP contribution in [0.4, 0.5) is 4.39 Å². The number of hydrogen-bond acceptors (Lipinski definition) is 2. The van der Waals surface area contributed by atoms with E-state index in [-0.39, 0.29) is 17.8 Å². The molecule has 5 heteroatoms. The molecular formula is C24H26FN3O. The summed E-state index contributed by atoms with van der Waals surface area (Å²) in [5.74, 6) is -0.311. The van der Waals surface area contributed by atoms with Crippen LogP contribution in [0.25, 0.3) is 16.9 Å². The van der Waals surface area contributed by atoms with Crippen LogP contribution in [-0.4, -0.2) is 33.7 Å². The number of halogens is 1. The normalized spacial score (nSPS) is 14.7. The van der Waals surface area contributed by atoms with E-state index in [4.69, 9.17) is 5.10 Å². The number of rotatable bonds is 4. The number of hydrogen-bond donors (Lipinski definition) is 0. The van der Waals surface area contributed by atoms with E-state index in [1.807, 2.05) is 43.1 Å². The fraction of sp³-hybridized carbons (Fsp3) is 0.333. The van der Waals surface area contributed by atoms with Crippen molar-refractivity contribution in [1.82, 2.24) is 14.7 Å². The van der Waals surface area contributed by atoms with Gasteiger partial charge in [0.2, 0.25) is 0 Å². The van der Waals surface area contributed by atoms with Crippen molar-refractivity contribution in [3.63, 3.8) is 0 Å². The Labute approximate surface area is 171 Å². The number of amides is 1. The smallest absolute Gasteiger partial charge is 0.257 e. The van der Waals surface area contributed by atoms with Gasteiger partial charge in [0.15, 0.2) is 0 Å². The van der Waals surface area contributed by atoms with Crippen LogP contribution in [0.3, 0.4) is 0 Å². The summed E-state index contributed by atoms with van der Waals surface area (Å²) in [6.07, 6.45) is 7.45. The molecule has 0 atom stereocenters. The average molecular weight is 391 g/mol. The van der Waals surface area contributed by atoms with Gasteiger partial charge in [0.05, 0.1) is 11.3 Å². The molecule has 1 aliphatic carbocycles. The Balaban J connectivity index is 1.74. The van der Waals surface area contributed by atoms with Crippen molar-refractivity contribution in [3.8, 4) is 16.9 Å². The molecule has 29 heavy (non-hydrogen) atoms. The highest BCUT2D eigenvalue weighted by molar-refractivity contribution is 6.00. The predicted octanol–water partition coefficient (Wildman–Crippen LogP) is 5.39. The van der Waals surface area contributed by atoms with Gasteiger partial charge in [-0.15, -0.1) is 0 Å². The van der Waals surface area contributed by atoms with Crippen molar-refractivity contribution in [2.45, 2.75) is 45.1 Å². The summed E-state index contributed by atoms with van der Waals surface area (Å²) in [6, 6.07) is 14.4. The minimum absolute atomic E-state index is 0.0131. The van der Waals surface area contributed by atoms with Crippen LogP contribution in [-0.2, 0) is 0 Å². The van der Waals surface area contributed by atoms with Crippen LogP contribution in [0.15, 0.2) is 54.7 Å². The molecule has 0 radical (unpaired) electrons. The Kier molecular flexibility index (Phi) is 5.47. The maximum absolute atomic E-state index is 13.4. The summed E-state index contributed by atoms with van der Waals surface area (Å²) in [5, 5.41) is 4.71. The van der Waals surface area contributed by atoms with E-state index < -0.39 is 0 Å². The third-order valence-corrected chi connectivity index (χ3v) is 5.80. The van der Waals surface area contributed by atoms with Crippen molar-refractivity contribution in [2.24, 2.45) is 0 Å². The van der Waals surface area contributed by atoms with Crippen LogP contribution >= 0.6 is 0 Å². The number of carbonyl (C=O) groups is 1. The number of aryl methyl sites for hydroxylation is 1. The van der Waals surface area contributed by atoms with E-state index in [9.17, 15) is 9.18 Å². The zero-order valence-electron chi connectivity index (χ0n) is 16.9. The maximum Gasteiger partial charge on any atom is 0.257 e. The minimum atomic E-state index is -0.298. The lowest BCUT2D eigenvalue weighted by molar-refractivity contribution is 0.0697. The van der Waals surface area contributed by atoms with Gasteiger partial charge in [0, 0.05) is 24.8 Å². The first-order valence-corrected chi connectivity index (χ1v) is 10.2. The topological polar surface area (TPSA) is 38.1 Å². The van der Waals surface area contributed by atoms with Crippen molar-refractivity contribution < 1.29 is 9.18 Å². The second-order valence-corrected chi connectivity index (χ2v) is 7.89. The molecule has 150 valence electrons. The van der Waals surface area contributed by atoms with Gasteiger partial charge in [-0.1, -0.05) is 49.1 Å². The van der Waals surface area contributed by atoms with Crippen molar-refractivity contribution in [2.75, 3.05) is 7.05 Å². The highest BCUT2D eigenvalue weighted by Crippen LogP contribution is 2.28. The van der Waals surface area contributed by atoms with Gasteiger partial charge < -0.3 is 4.90 Å². The lowest BCUT2D eigenvalue weighted by Gasteiger charge is -2.31. The molecule has 0 unspecified atom stereocenters. The molecule has 4 nitrogen and oxygen atoms in total. The highest BCUT2D eigenvalue weighted by Gasteiger charge is 2.27. The van der Waals surface area contributed by atoms with Gasteiger partial charge >= 0.3 is 0 Å². The van der Waals surface area contributed by atoms with Gasteiger partial charge in [-0.25, -0.2) is 9.07 Å². The summed E-state index contributed by atoms with van der Waals surface area (Å²) >= 11 is 0. The number of benzene rings is 2. The fourth-order valence-electron chi connectivity index (χ4n) is 4.01. The molecule has 1 aliphatic rings. The maximum atomic E-state index is 13.4. The van der Waals surface area contributed by atoms with E-state index in [0.717, 1.165) is 29.7 Å². The molecule has 0 bridgehead atoms. The summed E-state index contributed by atoms with van der Waals surface area (Å²) in [7, 11) is 1.90. The van der Waals surface area contributed by atoms with Gasteiger partial charge in [-0.2, -0.15) is 5.10 Å². The van der Waals surface area contributed by atoms with Gasteiger partial charge in [0.25, 0.3) is 5.91 Å². The molecule has 1 saturated carbocycles. The Morgan fingerprint density at radius 3 is 2.34 bits per heavy atom. The fourth-order valence-corrected chi connectivity index (χ4v) is 4.01. The predicted molar refractivity (Wildman–Crippen MR) is 113 cm³/mol. The summed E-state index contributed by atoms with van der Waals surface area (Å²) in [5.41, 5.74) is 4.00. The number of carbonyl (C=O) groups excluding carboxylic acids is 1. The molecule has 0 aliphatic heterocycles. The molecule has 0 spiro atoms. The Hall–Kier alpha value is -2.95. The lowest BCUT2D eigenvalue weighted by Crippen LogP contribution is -2.38. The molecule has 1 aromatic heterocycles. The third-order valence-electron chi connectivity index (χ3n) is 5.80. The molecular weight excluding hydrogens is 365 g/mol. The Morgan fingerprint density at radius 2 is 1.69 bits per heavy atom. The van der Waals surface area contributed by atoms with Crippen molar-refractivity contribution >= 4 is 5.91 Å². The van der Waals surface area contributed by atoms with Gasteiger partial charge in [-0.3, -0.25) is 4.79 Å². The first kappa shape index (κ1) is 19.4. The quantitative estimate of drug-likeness (QED) is 0.598. The molecule has 0 saturated heterocycles. The van der Waals surface area contributed by atoms with Crippen LogP contribution in [0.5, 0.6) is 0 Å². The Morgan fingerprint density at radius 1 is 1.03 bits per heavy atom. The minimum Gasteiger partial charge on any atom is -0.339 e. The second-order valence-electron chi connectivity index (χ2n) is 7.89. The van der Waals surface area contributed by atoms with Crippen molar-refractivity contribution in [1.29, 1.82) is 0 Å². The average Bonchev–Trinajstić information content (AvgIpc) is 3.19. The van der Waals surface area contributed by atoms with E-state index in [0.29, 0.717) is 11.3 Å². The molecule has 1 fully saturated rings. The van der Waals surface area contributed by atoms with Crippen LogP contribution in [0.2, 0.25) is 0 Å². The monoisotopic (exact) mass is 391 g/mol. The van der Waals surface area contributed by atoms with Crippen LogP contribution in [0.1, 0.15) is 48.0 Å². The SMILES string of the molecule is Cc1ccc(-c2nn(-c3ccc(F)cc3)cc2C(=O)N(C)C2CCCCC2)cc1. The van der Waals surface area contributed by atoms with E-state index in [2.05, 4.69) is 0 Å². The standard InChI is InChI=1S/C24H26FN3O/c1-17-8-10-18(11-9-17)23-22(24(29)27(2)20-6-4-3-5-7-20)16-28(26-23)21-14-12-19(25)13-15-21/h8-16,20H,3-7H2,1-2H3. The third kappa shape index (κ3) is 4.09. The number of nitrogens with zero attached hydrogens (tertiary/aromatic N) is 3. The first-order chi connectivity index (χ1) is 14.0. The summed E-state index contributed by atoms with van der Waals surface area (Å²) in [4.78, 5) is 15.3. The number of aromatic nitrogens is 2. The van der Waals surface area contributed by atoms with Gasteiger partial charge in [0.1, 0.15) is 11.5 Å². The molecule has 2 aromatic carbocycles. The Bertz CT molecular complexity index is 986. The van der Waals surface area contributed by atoms with Crippen LogP contribution in [0, 0.1) is 12.7 Å². The zero-order chi connectivity index (χ0) is 20.4. The van der Waals surface area contributed by atoms with E-state index in [1.165, 1.54) is 31.4 Å². The molecule has 0 N–H and O–H groups in total. The first-order valence-electron chi connectivity index (χ1n) is 10.2. The summed E-state index contributed by atoms with van der Waals surface area (Å²) < 4.78 is 15.0. The largest absolute Gasteiger partial charge is 0.339 e. The molecule has 3 aromatic rings. The lowest BCUT2D eigenvalue weighted by atomic mass is 9.94. The molecule has 1 heterocycles. The molecule has 4 rings (SSSR count).